The van der Waals surface area contributed by atoms with Crippen LogP contribution in [0.2, 0.25) is 0 Å². The van der Waals surface area contributed by atoms with Crippen molar-refractivity contribution in [2.75, 3.05) is 0 Å². The van der Waals surface area contributed by atoms with E-state index in [9.17, 15) is 8.78 Å². The summed E-state index contributed by atoms with van der Waals surface area (Å²) < 4.78 is 25.9. The van der Waals surface area contributed by atoms with E-state index < -0.39 is 11.6 Å². The van der Waals surface area contributed by atoms with Crippen molar-refractivity contribution in [3.05, 3.63) is 35.4 Å². The Morgan fingerprint density at radius 3 is 2.64 bits per heavy atom. The zero-order valence-corrected chi connectivity index (χ0v) is 8.00. The van der Waals surface area contributed by atoms with Gasteiger partial charge in [-0.3, -0.25) is 0 Å². The topological polar surface area (TPSA) is 26.0 Å². The average Bonchev–Trinajstić information content (AvgIpc) is 2.83. The lowest BCUT2D eigenvalue weighted by atomic mass is 10.1. The average molecular weight is 197 g/mol. The molecule has 1 saturated carbocycles. The lowest BCUT2D eigenvalue weighted by Gasteiger charge is -2.05. The summed E-state index contributed by atoms with van der Waals surface area (Å²) in [6.45, 7) is 1.92. The first-order valence-electron chi connectivity index (χ1n) is 4.80. The summed E-state index contributed by atoms with van der Waals surface area (Å²) in [5.41, 5.74) is 6.31. The van der Waals surface area contributed by atoms with Crippen molar-refractivity contribution in [2.45, 2.75) is 25.3 Å². The molecular weight excluding hydrogens is 184 g/mol. The predicted molar refractivity (Wildman–Crippen MR) is 50.9 cm³/mol. The maximum Gasteiger partial charge on any atom is 0.129 e. The highest BCUT2D eigenvalue weighted by Gasteiger charge is 2.42. The summed E-state index contributed by atoms with van der Waals surface area (Å²) in [6.07, 6.45) is 0.917. The van der Waals surface area contributed by atoms with E-state index >= 15 is 0 Å². The van der Waals surface area contributed by atoms with Gasteiger partial charge in [-0.2, -0.15) is 0 Å². The smallest absolute Gasteiger partial charge is 0.129 e. The van der Waals surface area contributed by atoms with Crippen LogP contribution in [0.15, 0.2) is 18.2 Å². The minimum absolute atomic E-state index is 0.0875. The van der Waals surface area contributed by atoms with Crippen LogP contribution in [0.5, 0.6) is 0 Å². The Kier molecular flexibility index (Phi) is 2.27. The molecule has 2 rings (SSSR count). The van der Waals surface area contributed by atoms with Gasteiger partial charge in [-0.1, -0.05) is 6.07 Å². The molecule has 0 unspecified atom stereocenters. The minimum atomic E-state index is -0.524. The molecule has 1 aromatic rings. The molecule has 1 aliphatic carbocycles. The molecule has 1 aromatic carbocycles. The third kappa shape index (κ3) is 1.64. The standard InChI is InChI=1S/C11H13F2N/c1-6(14)9-5-10(9)8-3-2-7(12)4-11(8)13/h2-4,6,9-10H,5,14H2,1H3/t6-,9+,10-/m1/s1. The molecule has 0 amide bonds. The molecule has 0 bridgehead atoms. The van der Waals surface area contributed by atoms with Crippen molar-refractivity contribution >= 4 is 0 Å². The molecular formula is C11H13F2N. The zero-order valence-electron chi connectivity index (χ0n) is 8.00. The Hall–Kier alpha value is -0.960. The number of benzene rings is 1. The fourth-order valence-electron chi connectivity index (χ4n) is 1.96. The molecule has 14 heavy (non-hydrogen) atoms. The first-order chi connectivity index (χ1) is 6.59. The molecule has 1 fully saturated rings. The van der Waals surface area contributed by atoms with Gasteiger partial charge < -0.3 is 5.73 Å². The summed E-state index contributed by atoms with van der Waals surface area (Å²) in [7, 11) is 0. The Bertz CT molecular complexity index is 349. The molecule has 3 heteroatoms. The van der Waals surface area contributed by atoms with Gasteiger partial charge in [0, 0.05) is 12.1 Å². The fourth-order valence-corrected chi connectivity index (χ4v) is 1.96. The van der Waals surface area contributed by atoms with Crippen LogP contribution >= 0.6 is 0 Å². The lowest BCUT2D eigenvalue weighted by molar-refractivity contribution is 0.563. The van der Waals surface area contributed by atoms with E-state index in [-0.39, 0.29) is 12.0 Å². The van der Waals surface area contributed by atoms with Crippen LogP contribution in [0.1, 0.15) is 24.8 Å². The second-order valence-electron chi connectivity index (χ2n) is 4.03. The van der Waals surface area contributed by atoms with E-state index in [1.165, 1.54) is 12.1 Å². The highest BCUT2D eigenvalue weighted by atomic mass is 19.1. The van der Waals surface area contributed by atoms with E-state index in [1.807, 2.05) is 6.92 Å². The van der Waals surface area contributed by atoms with E-state index in [0.29, 0.717) is 11.5 Å². The molecule has 3 atom stereocenters. The van der Waals surface area contributed by atoms with E-state index in [1.54, 1.807) is 0 Å². The summed E-state index contributed by atoms with van der Waals surface area (Å²) in [5.74, 6) is -0.423. The Morgan fingerprint density at radius 2 is 2.14 bits per heavy atom. The van der Waals surface area contributed by atoms with Gasteiger partial charge in [-0.05, 0) is 36.8 Å². The van der Waals surface area contributed by atoms with Crippen molar-refractivity contribution in [1.82, 2.24) is 0 Å². The van der Waals surface area contributed by atoms with E-state index in [2.05, 4.69) is 0 Å². The summed E-state index contributed by atoms with van der Waals surface area (Å²) in [5, 5.41) is 0. The van der Waals surface area contributed by atoms with Gasteiger partial charge in [0.2, 0.25) is 0 Å². The van der Waals surface area contributed by atoms with Gasteiger partial charge >= 0.3 is 0 Å². The van der Waals surface area contributed by atoms with Crippen LogP contribution in [0.3, 0.4) is 0 Å². The molecule has 76 valence electrons. The van der Waals surface area contributed by atoms with Crippen molar-refractivity contribution in [2.24, 2.45) is 11.7 Å². The van der Waals surface area contributed by atoms with Gasteiger partial charge in [-0.25, -0.2) is 8.78 Å². The van der Waals surface area contributed by atoms with Gasteiger partial charge in [0.15, 0.2) is 0 Å². The maximum atomic E-state index is 13.3. The van der Waals surface area contributed by atoms with Gasteiger partial charge in [0.1, 0.15) is 11.6 Å². The Balaban J connectivity index is 2.19. The molecule has 0 spiro atoms. The summed E-state index contributed by atoms with van der Waals surface area (Å²) >= 11 is 0. The van der Waals surface area contributed by atoms with Crippen molar-refractivity contribution < 1.29 is 8.78 Å². The quantitative estimate of drug-likeness (QED) is 0.774. The Labute approximate surface area is 81.9 Å². The molecule has 0 heterocycles. The van der Waals surface area contributed by atoms with Gasteiger partial charge in [0.25, 0.3) is 0 Å². The molecule has 1 nitrogen and oxygen atoms in total. The highest BCUT2D eigenvalue weighted by Crippen LogP contribution is 2.49. The number of hydrogen-bond donors (Lipinski definition) is 1. The largest absolute Gasteiger partial charge is 0.328 e. The second-order valence-corrected chi connectivity index (χ2v) is 4.03. The maximum absolute atomic E-state index is 13.3. The van der Waals surface area contributed by atoms with Crippen LogP contribution in [0.25, 0.3) is 0 Å². The number of hydrogen-bond acceptors (Lipinski definition) is 1. The fraction of sp³-hybridized carbons (Fsp3) is 0.455. The summed E-state index contributed by atoms with van der Waals surface area (Å²) in [4.78, 5) is 0. The molecule has 0 saturated heterocycles. The van der Waals surface area contributed by atoms with Crippen LogP contribution in [0, 0.1) is 17.6 Å². The van der Waals surface area contributed by atoms with Crippen LogP contribution < -0.4 is 5.73 Å². The first kappa shape index (κ1) is 9.59. The number of halogens is 2. The van der Waals surface area contributed by atoms with Gasteiger partial charge in [-0.15, -0.1) is 0 Å². The van der Waals surface area contributed by atoms with E-state index in [0.717, 1.165) is 12.5 Å². The third-order valence-corrected chi connectivity index (χ3v) is 2.88. The molecule has 0 radical (unpaired) electrons. The molecule has 2 N–H and O–H groups in total. The van der Waals surface area contributed by atoms with Crippen LogP contribution in [-0.4, -0.2) is 6.04 Å². The predicted octanol–water partition coefficient (Wildman–Crippen LogP) is 2.42. The third-order valence-electron chi connectivity index (χ3n) is 2.88. The Morgan fingerprint density at radius 1 is 1.43 bits per heavy atom. The van der Waals surface area contributed by atoms with Crippen molar-refractivity contribution in [3.8, 4) is 0 Å². The van der Waals surface area contributed by atoms with Crippen molar-refractivity contribution in [1.29, 1.82) is 0 Å². The second kappa shape index (κ2) is 3.31. The lowest BCUT2D eigenvalue weighted by Crippen LogP contribution is -2.18. The first-order valence-corrected chi connectivity index (χ1v) is 4.80. The molecule has 0 aromatic heterocycles. The number of rotatable bonds is 2. The normalized spacial score (nSPS) is 27.4. The molecule has 1 aliphatic rings. The zero-order chi connectivity index (χ0) is 10.3. The summed E-state index contributed by atoms with van der Waals surface area (Å²) in [6, 6.07) is 3.85. The van der Waals surface area contributed by atoms with Gasteiger partial charge in [0.05, 0.1) is 0 Å². The van der Waals surface area contributed by atoms with Crippen molar-refractivity contribution in [3.63, 3.8) is 0 Å². The SMILES string of the molecule is C[C@@H](N)[C@@H]1C[C@@H]1c1ccc(F)cc1F. The molecule has 0 aliphatic heterocycles. The van der Waals surface area contributed by atoms with E-state index in [4.69, 9.17) is 5.73 Å². The monoisotopic (exact) mass is 197 g/mol. The van der Waals surface area contributed by atoms with Crippen LogP contribution in [0.4, 0.5) is 8.78 Å². The highest BCUT2D eigenvalue weighted by molar-refractivity contribution is 5.28. The van der Waals surface area contributed by atoms with Crippen LogP contribution in [-0.2, 0) is 0 Å². The minimum Gasteiger partial charge on any atom is -0.328 e. The number of nitrogens with two attached hydrogens (primary N) is 1.